The monoisotopic (exact) mass is 189 g/mol. The quantitative estimate of drug-likeness (QED) is 0.622. The van der Waals surface area contributed by atoms with Crippen molar-refractivity contribution in [3.05, 3.63) is 40.8 Å². The summed E-state index contributed by atoms with van der Waals surface area (Å²) in [6, 6.07) is 2.18. The maximum Gasteiger partial charge on any atom is 0.274 e. The maximum atomic E-state index is 11.3. The van der Waals surface area contributed by atoms with Crippen molar-refractivity contribution in [2.75, 3.05) is 0 Å². The lowest BCUT2D eigenvalue weighted by Gasteiger charge is -2.11. The van der Waals surface area contributed by atoms with Gasteiger partial charge in [-0.3, -0.25) is 9.59 Å². The van der Waals surface area contributed by atoms with E-state index in [0.717, 1.165) is 4.68 Å². The molecule has 0 radical (unpaired) electrons. The van der Waals surface area contributed by atoms with Gasteiger partial charge in [0.15, 0.2) is 6.04 Å². The standard InChI is InChI=1S/C9H7N3O2/c13-8-4-2-6-11-12(8)7-3-1-5-10-9(7)14/h1-7H. The summed E-state index contributed by atoms with van der Waals surface area (Å²) >= 11 is 0. The Bertz CT molecular complexity index is 473. The lowest BCUT2D eigenvalue weighted by Crippen LogP contribution is -2.30. The Kier molecular flexibility index (Phi) is 2.06. The number of amides is 1. The molecule has 70 valence electrons. The highest BCUT2D eigenvalue weighted by molar-refractivity contribution is 5.95. The highest BCUT2D eigenvalue weighted by Crippen LogP contribution is 2.08. The smallest absolute Gasteiger partial charge is 0.270 e. The summed E-state index contributed by atoms with van der Waals surface area (Å²) in [5, 5.41) is 3.81. The van der Waals surface area contributed by atoms with E-state index in [9.17, 15) is 9.59 Å². The zero-order valence-corrected chi connectivity index (χ0v) is 7.20. The third-order valence-electron chi connectivity index (χ3n) is 1.84. The maximum absolute atomic E-state index is 11.3. The summed E-state index contributed by atoms with van der Waals surface area (Å²) in [6.45, 7) is 0. The number of carbonyl (C=O) groups excluding carboxylic acids is 1. The van der Waals surface area contributed by atoms with Crippen LogP contribution in [0.4, 0.5) is 0 Å². The molecule has 5 nitrogen and oxygen atoms in total. The van der Waals surface area contributed by atoms with Crippen molar-refractivity contribution in [2.45, 2.75) is 6.04 Å². The molecule has 0 N–H and O–H groups in total. The van der Waals surface area contributed by atoms with E-state index in [2.05, 4.69) is 10.1 Å². The van der Waals surface area contributed by atoms with Crippen LogP contribution in [0.25, 0.3) is 0 Å². The van der Waals surface area contributed by atoms with Crippen LogP contribution in [0.3, 0.4) is 0 Å². The van der Waals surface area contributed by atoms with Crippen molar-refractivity contribution in [2.24, 2.45) is 4.99 Å². The zero-order chi connectivity index (χ0) is 9.97. The first-order chi connectivity index (χ1) is 6.79. The van der Waals surface area contributed by atoms with Gasteiger partial charge in [0.05, 0.1) is 0 Å². The highest BCUT2D eigenvalue weighted by atomic mass is 16.2. The fraction of sp³-hybridized carbons (Fsp3) is 0.111. The van der Waals surface area contributed by atoms with E-state index >= 15 is 0 Å². The van der Waals surface area contributed by atoms with Crippen LogP contribution in [0.2, 0.25) is 0 Å². The molecule has 1 atom stereocenters. The van der Waals surface area contributed by atoms with Crippen LogP contribution in [0.5, 0.6) is 0 Å². The van der Waals surface area contributed by atoms with Gasteiger partial charge in [-0.05, 0) is 18.2 Å². The van der Waals surface area contributed by atoms with Gasteiger partial charge in [0.2, 0.25) is 0 Å². The van der Waals surface area contributed by atoms with Crippen molar-refractivity contribution in [1.82, 2.24) is 9.78 Å². The molecule has 0 aliphatic carbocycles. The number of rotatable bonds is 1. The normalized spacial score (nSPS) is 20.0. The predicted molar refractivity (Wildman–Crippen MR) is 50.2 cm³/mol. The molecule has 0 bridgehead atoms. The zero-order valence-electron chi connectivity index (χ0n) is 7.20. The van der Waals surface area contributed by atoms with Crippen LogP contribution in [0.1, 0.15) is 6.04 Å². The molecule has 1 aromatic heterocycles. The number of hydrogen-bond donors (Lipinski definition) is 0. The molecule has 5 heteroatoms. The predicted octanol–water partition coefficient (Wildman–Crippen LogP) is -0.0484. The minimum atomic E-state index is -0.700. The third-order valence-corrected chi connectivity index (χ3v) is 1.84. The average molecular weight is 189 g/mol. The van der Waals surface area contributed by atoms with E-state index in [1.807, 2.05) is 0 Å². The van der Waals surface area contributed by atoms with E-state index < -0.39 is 6.04 Å². The first-order valence-electron chi connectivity index (χ1n) is 4.07. The van der Waals surface area contributed by atoms with Crippen molar-refractivity contribution < 1.29 is 4.79 Å². The van der Waals surface area contributed by atoms with E-state index in [0.29, 0.717) is 0 Å². The van der Waals surface area contributed by atoms with Gasteiger partial charge in [-0.2, -0.15) is 5.10 Å². The van der Waals surface area contributed by atoms with E-state index in [4.69, 9.17) is 0 Å². The summed E-state index contributed by atoms with van der Waals surface area (Å²) in [4.78, 5) is 26.2. The van der Waals surface area contributed by atoms with Gasteiger partial charge in [0.25, 0.3) is 11.5 Å². The molecule has 2 heterocycles. The minimum Gasteiger partial charge on any atom is -0.270 e. The van der Waals surface area contributed by atoms with Crippen molar-refractivity contribution in [3.8, 4) is 0 Å². The number of nitrogens with zero attached hydrogens (tertiary/aromatic N) is 3. The molecule has 1 unspecified atom stereocenters. The van der Waals surface area contributed by atoms with Crippen LogP contribution in [-0.2, 0) is 4.79 Å². The number of dihydropyridines is 1. The molecule has 1 aliphatic heterocycles. The minimum absolute atomic E-state index is 0.312. The lowest BCUT2D eigenvalue weighted by atomic mass is 10.2. The highest BCUT2D eigenvalue weighted by Gasteiger charge is 2.19. The second-order valence-corrected chi connectivity index (χ2v) is 2.75. The molecule has 1 aromatic rings. The SMILES string of the molecule is O=C1N=CC=CC1n1ncccc1=O. The second-order valence-electron chi connectivity index (χ2n) is 2.75. The van der Waals surface area contributed by atoms with Crippen molar-refractivity contribution in [3.63, 3.8) is 0 Å². The van der Waals surface area contributed by atoms with Crippen molar-refractivity contribution >= 4 is 12.1 Å². The average Bonchev–Trinajstić information content (AvgIpc) is 2.20. The van der Waals surface area contributed by atoms with E-state index in [1.165, 1.54) is 24.5 Å². The summed E-state index contributed by atoms with van der Waals surface area (Å²) in [5.41, 5.74) is -0.312. The summed E-state index contributed by atoms with van der Waals surface area (Å²) in [6.07, 6.45) is 6.06. The summed E-state index contributed by atoms with van der Waals surface area (Å²) in [5.74, 6) is -0.381. The number of carbonyl (C=O) groups is 1. The molecule has 0 aromatic carbocycles. The van der Waals surface area contributed by atoms with Crippen LogP contribution >= 0.6 is 0 Å². The molecule has 0 saturated carbocycles. The fourth-order valence-corrected chi connectivity index (χ4v) is 1.19. The Morgan fingerprint density at radius 1 is 1.36 bits per heavy atom. The second kappa shape index (κ2) is 3.37. The van der Waals surface area contributed by atoms with Gasteiger partial charge in [-0.1, -0.05) is 0 Å². The first kappa shape index (κ1) is 8.55. The fourth-order valence-electron chi connectivity index (χ4n) is 1.19. The van der Waals surface area contributed by atoms with Gasteiger partial charge < -0.3 is 0 Å². The number of hydrogen-bond acceptors (Lipinski definition) is 3. The molecule has 1 aliphatic rings. The Labute approximate surface area is 79.4 Å². The first-order valence-corrected chi connectivity index (χ1v) is 4.07. The number of aliphatic imine (C=N–C) groups is 1. The number of aromatic nitrogens is 2. The van der Waals surface area contributed by atoms with Gasteiger partial charge in [-0.15, -0.1) is 0 Å². The number of allylic oxidation sites excluding steroid dienone is 1. The molecule has 0 fully saturated rings. The van der Waals surface area contributed by atoms with Gasteiger partial charge in [-0.25, -0.2) is 9.67 Å². The molecule has 0 spiro atoms. The largest absolute Gasteiger partial charge is 0.274 e. The summed E-state index contributed by atoms with van der Waals surface area (Å²) < 4.78 is 1.11. The Morgan fingerprint density at radius 2 is 2.21 bits per heavy atom. The molecular formula is C9H7N3O2. The van der Waals surface area contributed by atoms with Crippen LogP contribution in [0.15, 0.2) is 40.3 Å². The Morgan fingerprint density at radius 3 is 2.93 bits per heavy atom. The van der Waals surface area contributed by atoms with Crippen LogP contribution in [0, 0.1) is 0 Å². The van der Waals surface area contributed by atoms with E-state index in [-0.39, 0.29) is 11.5 Å². The van der Waals surface area contributed by atoms with Gasteiger partial charge >= 0.3 is 0 Å². The molecule has 14 heavy (non-hydrogen) atoms. The van der Waals surface area contributed by atoms with E-state index in [1.54, 1.807) is 12.2 Å². The third kappa shape index (κ3) is 1.39. The molecule has 2 rings (SSSR count). The van der Waals surface area contributed by atoms with Crippen molar-refractivity contribution in [1.29, 1.82) is 0 Å². The Hall–Kier alpha value is -2.04. The molecular weight excluding hydrogens is 182 g/mol. The van der Waals surface area contributed by atoms with Crippen LogP contribution in [-0.4, -0.2) is 21.9 Å². The van der Waals surface area contributed by atoms with Gasteiger partial charge in [0, 0.05) is 18.5 Å². The van der Waals surface area contributed by atoms with Gasteiger partial charge in [0.1, 0.15) is 0 Å². The summed E-state index contributed by atoms with van der Waals surface area (Å²) in [7, 11) is 0. The Balaban J connectivity index is 2.46. The van der Waals surface area contributed by atoms with Crippen LogP contribution < -0.4 is 5.56 Å². The lowest BCUT2D eigenvalue weighted by molar-refractivity contribution is -0.120. The molecule has 1 amide bonds. The topological polar surface area (TPSA) is 64.3 Å². The molecule has 0 saturated heterocycles.